The van der Waals surface area contributed by atoms with E-state index >= 15 is 0 Å². The average molecular weight is 429 g/mol. The molecule has 2 rings (SSSR count). The first-order chi connectivity index (χ1) is 8.79. The Morgan fingerprint density at radius 3 is 2.58 bits per heavy atom. The van der Waals surface area contributed by atoms with Crippen LogP contribution in [0.5, 0.6) is 0 Å². The predicted octanol–water partition coefficient (Wildman–Crippen LogP) is 3.82. The van der Waals surface area contributed by atoms with Crippen LogP contribution in [0.25, 0.3) is 0 Å². The van der Waals surface area contributed by atoms with Crippen molar-refractivity contribution in [1.82, 2.24) is 4.98 Å². The highest BCUT2D eigenvalue weighted by molar-refractivity contribution is 14.1. The number of aromatic nitrogens is 1. The van der Waals surface area contributed by atoms with Crippen LogP contribution < -0.4 is 4.72 Å². The number of hydrogen-bond acceptors (Lipinski definition) is 4. The van der Waals surface area contributed by atoms with E-state index < -0.39 is 10.0 Å². The van der Waals surface area contributed by atoms with E-state index in [0.717, 1.165) is 20.5 Å². The summed E-state index contributed by atoms with van der Waals surface area (Å²) in [7, 11) is -3.64. The quantitative estimate of drug-likeness (QED) is 0.756. The van der Waals surface area contributed by atoms with Gasteiger partial charge in [0.15, 0.2) is 8.68 Å². The Kier molecular flexibility index (Phi) is 4.38. The Morgan fingerprint density at radius 1 is 1.37 bits per heavy atom. The first-order valence-electron chi connectivity index (χ1n) is 5.21. The zero-order chi connectivity index (χ0) is 14.2. The van der Waals surface area contributed by atoms with Gasteiger partial charge in [-0.25, -0.2) is 13.4 Å². The van der Waals surface area contributed by atoms with E-state index in [1.165, 1.54) is 0 Å². The summed E-state index contributed by atoms with van der Waals surface area (Å²) in [6.07, 6.45) is 0. The maximum Gasteiger partial charge on any atom is 0.273 e. The second kappa shape index (κ2) is 5.55. The van der Waals surface area contributed by atoms with Gasteiger partial charge in [-0.05, 0) is 60.2 Å². The van der Waals surface area contributed by atoms with Gasteiger partial charge in [-0.15, -0.1) is 0 Å². The van der Waals surface area contributed by atoms with Crippen LogP contribution >= 0.6 is 45.5 Å². The number of sulfonamides is 1. The summed E-state index contributed by atoms with van der Waals surface area (Å²) in [5.74, 6) is 0. The largest absolute Gasteiger partial charge is 0.279 e. The molecule has 0 saturated carbocycles. The van der Waals surface area contributed by atoms with Crippen LogP contribution in [0.1, 0.15) is 11.3 Å². The lowest BCUT2D eigenvalue weighted by Crippen LogP contribution is -2.13. The van der Waals surface area contributed by atoms with Crippen molar-refractivity contribution < 1.29 is 8.42 Å². The van der Waals surface area contributed by atoms with Crippen LogP contribution in [0.4, 0.5) is 5.69 Å². The van der Waals surface area contributed by atoms with Crippen LogP contribution in [0.2, 0.25) is 4.47 Å². The van der Waals surface area contributed by atoms with Crippen molar-refractivity contribution in [2.75, 3.05) is 4.72 Å². The maximum atomic E-state index is 12.3. The average Bonchev–Trinajstić information content (AvgIpc) is 2.63. The molecule has 0 spiro atoms. The fourth-order valence-corrected chi connectivity index (χ4v) is 5.05. The van der Waals surface area contributed by atoms with Gasteiger partial charge in [0.1, 0.15) is 0 Å². The van der Waals surface area contributed by atoms with Crippen LogP contribution in [0.3, 0.4) is 0 Å². The number of aryl methyl sites for hydroxylation is 2. The summed E-state index contributed by atoms with van der Waals surface area (Å²) in [5, 5.41) is 0. The highest BCUT2D eigenvalue weighted by atomic mass is 127. The molecule has 2 aromatic rings. The van der Waals surface area contributed by atoms with Gasteiger partial charge in [0.25, 0.3) is 10.0 Å². The second-order valence-electron chi connectivity index (χ2n) is 3.90. The monoisotopic (exact) mass is 428 g/mol. The highest BCUT2D eigenvalue weighted by Crippen LogP contribution is 2.29. The number of halogens is 2. The van der Waals surface area contributed by atoms with Crippen molar-refractivity contribution in [2.45, 2.75) is 18.1 Å². The summed E-state index contributed by atoms with van der Waals surface area (Å²) in [5.41, 5.74) is 1.83. The predicted molar refractivity (Wildman–Crippen MR) is 86.6 cm³/mol. The van der Waals surface area contributed by atoms with Gasteiger partial charge in [-0.2, -0.15) is 0 Å². The SMILES string of the molecule is Cc1cc(I)ccc1NS(=O)(=O)c1sc(Cl)nc1C. The molecule has 8 heteroatoms. The molecular weight excluding hydrogens is 419 g/mol. The normalized spacial score (nSPS) is 11.6. The minimum Gasteiger partial charge on any atom is -0.279 e. The molecule has 1 aromatic heterocycles. The Hall–Kier alpha value is -0.380. The van der Waals surface area contributed by atoms with E-state index in [9.17, 15) is 8.42 Å². The Morgan fingerprint density at radius 2 is 2.05 bits per heavy atom. The van der Waals surface area contributed by atoms with Gasteiger partial charge in [0.05, 0.1) is 11.4 Å². The minimum atomic E-state index is -3.64. The van der Waals surface area contributed by atoms with Crippen molar-refractivity contribution in [3.05, 3.63) is 37.5 Å². The zero-order valence-corrected chi connectivity index (χ0v) is 14.6. The van der Waals surface area contributed by atoms with E-state index in [4.69, 9.17) is 11.6 Å². The Labute approximate surface area is 134 Å². The molecule has 4 nitrogen and oxygen atoms in total. The summed E-state index contributed by atoms with van der Waals surface area (Å²) in [4.78, 5) is 3.92. The number of nitrogens with zero attached hydrogens (tertiary/aromatic N) is 1. The van der Waals surface area contributed by atoms with Crippen LogP contribution in [0, 0.1) is 17.4 Å². The van der Waals surface area contributed by atoms with Crippen LogP contribution in [-0.2, 0) is 10.0 Å². The van der Waals surface area contributed by atoms with Gasteiger partial charge in [0.2, 0.25) is 0 Å². The molecular formula is C11H10ClIN2O2S2. The topological polar surface area (TPSA) is 59.1 Å². The third-order valence-corrected chi connectivity index (χ3v) is 6.31. The Bertz CT molecular complexity index is 728. The fourth-order valence-electron chi connectivity index (χ4n) is 1.53. The lowest BCUT2D eigenvalue weighted by atomic mass is 10.2. The zero-order valence-electron chi connectivity index (χ0n) is 10.1. The van der Waals surface area contributed by atoms with Gasteiger partial charge in [-0.3, -0.25) is 4.72 Å². The second-order valence-corrected chi connectivity index (χ2v) is 8.61. The Balaban J connectivity index is 2.39. The maximum absolute atomic E-state index is 12.3. The molecule has 1 N–H and O–H groups in total. The molecule has 0 unspecified atom stereocenters. The molecule has 0 atom stereocenters. The smallest absolute Gasteiger partial charge is 0.273 e. The van der Waals surface area contributed by atoms with Crippen molar-refractivity contribution >= 4 is 61.2 Å². The van der Waals surface area contributed by atoms with Crippen molar-refractivity contribution in [1.29, 1.82) is 0 Å². The standard InChI is InChI=1S/C11H10ClIN2O2S2/c1-6-5-8(13)3-4-9(6)15-19(16,17)10-7(2)14-11(12)18-10/h3-5,15H,1-2H3. The molecule has 0 aliphatic carbocycles. The molecule has 0 aliphatic heterocycles. The molecule has 0 bridgehead atoms. The highest BCUT2D eigenvalue weighted by Gasteiger charge is 2.22. The first kappa shape index (κ1) is 15.0. The molecule has 0 saturated heterocycles. The molecule has 1 aromatic carbocycles. The van der Waals surface area contributed by atoms with Crippen LogP contribution in [-0.4, -0.2) is 13.4 Å². The van der Waals surface area contributed by atoms with E-state index in [1.807, 2.05) is 19.1 Å². The number of hydrogen-bond donors (Lipinski definition) is 1. The molecule has 0 radical (unpaired) electrons. The molecule has 0 amide bonds. The molecule has 0 aliphatic rings. The molecule has 0 fully saturated rings. The molecule has 19 heavy (non-hydrogen) atoms. The lowest BCUT2D eigenvalue weighted by molar-refractivity contribution is 0.602. The number of thiazole rings is 1. The number of anilines is 1. The number of rotatable bonds is 3. The van der Waals surface area contributed by atoms with Gasteiger partial charge in [0, 0.05) is 3.57 Å². The van der Waals surface area contributed by atoms with E-state index in [1.54, 1.807) is 13.0 Å². The summed E-state index contributed by atoms with van der Waals surface area (Å²) >= 11 is 8.87. The van der Waals surface area contributed by atoms with E-state index in [2.05, 4.69) is 32.3 Å². The van der Waals surface area contributed by atoms with Crippen molar-refractivity contribution in [2.24, 2.45) is 0 Å². The molecule has 102 valence electrons. The lowest BCUT2D eigenvalue weighted by Gasteiger charge is -2.09. The summed E-state index contributed by atoms with van der Waals surface area (Å²) < 4.78 is 28.5. The van der Waals surface area contributed by atoms with E-state index in [0.29, 0.717) is 11.4 Å². The third kappa shape index (κ3) is 3.39. The summed E-state index contributed by atoms with van der Waals surface area (Å²) in [6, 6.07) is 5.50. The van der Waals surface area contributed by atoms with Crippen molar-refractivity contribution in [3.8, 4) is 0 Å². The fraction of sp³-hybridized carbons (Fsp3) is 0.182. The first-order valence-corrected chi connectivity index (χ1v) is 8.97. The summed E-state index contributed by atoms with van der Waals surface area (Å²) in [6.45, 7) is 3.48. The van der Waals surface area contributed by atoms with Crippen molar-refractivity contribution in [3.63, 3.8) is 0 Å². The third-order valence-electron chi connectivity index (χ3n) is 2.40. The minimum absolute atomic E-state index is 0.149. The number of nitrogens with one attached hydrogen (secondary N) is 1. The number of benzene rings is 1. The van der Waals surface area contributed by atoms with Gasteiger partial charge < -0.3 is 0 Å². The van der Waals surface area contributed by atoms with Gasteiger partial charge >= 0.3 is 0 Å². The van der Waals surface area contributed by atoms with E-state index in [-0.39, 0.29) is 8.68 Å². The van der Waals surface area contributed by atoms with Gasteiger partial charge in [-0.1, -0.05) is 22.9 Å². The molecule has 1 heterocycles. The van der Waals surface area contributed by atoms with Crippen LogP contribution in [0.15, 0.2) is 22.4 Å².